The molecule has 0 aromatic heterocycles. The lowest BCUT2D eigenvalue weighted by molar-refractivity contribution is 0.0500. The van der Waals surface area contributed by atoms with Crippen LogP contribution < -0.4 is 10.0 Å². The molecule has 0 saturated carbocycles. The van der Waals surface area contributed by atoms with E-state index in [2.05, 4.69) is 10.0 Å². The van der Waals surface area contributed by atoms with Crippen LogP contribution in [0.4, 0.5) is 13.6 Å². The molecule has 0 aliphatic carbocycles. The molecule has 0 aliphatic rings. The van der Waals surface area contributed by atoms with Gasteiger partial charge in [0.1, 0.15) is 22.0 Å². The fourth-order valence-electron chi connectivity index (χ4n) is 2.08. The van der Waals surface area contributed by atoms with Gasteiger partial charge in [-0.3, -0.25) is 0 Å². The first-order valence-corrected chi connectivity index (χ1v) is 9.47. The smallest absolute Gasteiger partial charge is 0.407 e. The monoisotopic (exact) mass is 390 g/mol. The van der Waals surface area contributed by atoms with E-state index in [-0.39, 0.29) is 5.56 Å². The average molecular weight is 390 g/mol. The number of nitrogens with one attached hydrogen (secondary N) is 2. The average Bonchev–Trinajstić information content (AvgIpc) is 2.39. The van der Waals surface area contributed by atoms with E-state index < -0.39 is 51.5 Å². The minimum absolute atomic E-state index is 0.239. The molecule has 3 atom stereocenters. The van der Waals surface area contributed by atoms with Crippen molar-refractivity contribution in [3.05, 3.63) is 35.4 Å². The van der Waals surface area contributed by atoms with Gasteiger partial charge in [0.05, 0.1) is 12.1 Å². The van der Waals surface area contributed by atoms with Gasteiger partial charge in [0, 0.05) is 17.4 Å². The van der Waals surface area contributed by atoms with E-state index >= 15 is 0 Å². The van der Waals surface area contributed by atoms with Crippen molar-refractivity contribution in [1.29, 1.82) is 0 Å². The molecule has 0 bridgehead atoms. The Morgan fingerprint density at radius 2 is 1.62 bits per heavy atom. The summed E-state index contributed by atoms with van der Waals surface area (Å²) in [7, 11) is 0. The third kappa shape index (κ3) is 7.47. The fourth-order valence-corrected chi connectivity index (χ4v) is 3.01. The number of carbonyl (C=O) groups is 1. The zero-order valence-electron chi connectivity index (χ0n) is 16.3. The molecule has 0 fully saturated rings. The summed E-state index contributed by atoms with van der Waals surface area (Å²) in [4.78, 5) is 12.0. The summed E-state index contributed by atoms with van der Waals surface area (Å²) in [6.07, 6.45) is -0.671. The molecular formula is C18H28F2N2O3S. The molecule has 2 N–H and O–H groups in total. The number of alkyl carbamates (subject to hydrolysis) is 1. The second-order valence-electron chi connectivity index (χ2n) is 8.11. The Bertz CT molecular complexity index is 610. The Morgan fingerprint density at radius 1 is 1.12 bits per heavy atom. The number of halogens is 2. The zero-order chi connectivity index (χ0) is 20.3. The maximum Gasteiger partial charge on any atom is 0.407 e. The van der Waals surface area contributed by atoms with Crippen molar-refractivity contribution >= 4 is 17.5 Å². The molecular weight excluding hydrogens is 362 g/mol. The van der Waals surface area contributed by atoms with Gasteiger partial charge in [-0.2, -0.15) is 0 Å². The molecule has 148 valence electrons. The van der Waals surface area contributed by atoms with Gasteiger partial charge in [-0.25, -0.2) is 13.6 Å². The van der Waals surface area contributed by atoms with Crippen molar-refractivity contribution in [2.75, 3.05) is 0 Å². The van der Waals surface area contributed by atoms with Gasteiger partial charge >= 0.3 is 6.09 Å². The van der Waals surface area contributed by atoms with Gasteiger partial charge in [-0.05, 0) is 66.2 Å². The van der Waals surface area contributed by atoms with Gasteiger partial charge in [0.25, 0.3) is 0 Å². The standard InChI is InChI=1S/C18H28F2N2O3S/c1-11(21-16(23)25-17(2,3)4)15(22-26(24)18(5,6)7)12-8-13(19)10-14(20)9-12/h8-11,15,22H,1-7H3,(H,21,23)/t11-,15-,26+/m0/s1. The topological polar surface area (TPSA) is 73.4 Å². The molecule has 0 heterocycles. The molecule has 8 heteroatoms. The lowest BCUT2D eigenvalue weighted by Crippen LogP contribution is -2.49. The normalized spacial score (nSPS) is 15.9. The Balaban J connectivity index is 3.08. The van der Waals surface area contributed by atoms with E-state index in [1.54, 1.807) is 48.5 Å². The lowest BCUT2D eigenvalue weighted by Gasteiger charge is -2.32. The fraction of sp³-hybridized carbons (Fsp3) is 0.611. The van der Waals surface area contributed by atoms with E-state index in [9.17, 15) is 18.1 Å². The SMILES string of the molecule is C[C@H](NC(=O)OC(C)(C)C)[C@H](N[S@+]([O-])C(C)(C)C)c1cc(F)cc(F)c1. The summed E-state index contributed by atoms with van der Waals surface area (Å²) in [6, 6.07) is 1.62. The van der Waals surface area contributed by atoms with Crippen LogP contribution >= 0.6 is 0 Å². The molecule has 0 aliphatic heterocycles. The molecule has 1 aromatic carbocycles. The molecule has 0 unspecified atom stereocenters. The second kappa shape index (κ2) is 8.54. The summed E-state index contributed by atoms with van der Waals surface area (Å²) < 4.78 is 47.3. The Morgan fingerprint density at radius 3 is 2.04 bits per heavy atom. The summed E-state index contributed by atoms with van der Waals surface area (Å²) in [5.41, 5.74) is -0.449. The Hall–Kier alpha value is -1.38. The van der Waals surface area contributed by atoms with Crippen molar-refractivity contribution < 1.29 is 22.9 Å². The number of ether oxygens (including phenoxy) is 1. The number of amides is 1. The van der Waals surface area contributed by atoms with Gasteiger partial charge in [-0.15, -0.1) is 4.72 Å². The Kier molecular flexibility index (Phi) is 7.44. The van der Waals surface area contributed by atoms with Crippen LogP contribution in [0.1, 0.15) is 60.1 Å². The highest BCUT2D eigenvalue weighted by atomic mass is 32.2. The molecule has 26 heavy (non-hydrogen) atoms. The molecule has 0 radical (unpaired) electrons. The number of benzene rings is 1. The molecule has 1 aromatic rings. The van der Waals surface area contributed by atoms with Gasteiger partial charge in [-0.1, -0.05) is 0 Å². The van der Waals surface area contributed by atoms with Crippen molar-refractivity contribution in [2.24, 2.45) is 0 Å². The lowest BCUT2D eigenvalue weighted by atomic mass is 10.0. The molecule has 5 nitrogen and oxygen atoms in total. The van der Waals surface area contributed by atoms with Crippen molar-refractivity contribution in [3.63, 3.8) is 0 Å². The first kappa shape index (κ1) is 22.7. The van der Waals surface area contributed by atoms with Crippen LogP contribution in [0.3, 0.4) is 0 Å². The molecule has 1 amide bonds. The van der Waals surface area contributed by atoms with Crippen LogP contribution in [-0.4, -0.2) is 27.0 Å². The highest BCUT2D eigenvalue weighted by Crippen LogP contribution is 2.24. The van der Waals surface area contributed by atoms with Gasteiger partial charge in [0.15, 0.2) is 0 Å². The number of rotatable bonds is 5. The second-order valence-corrected chi connectivity index (χ2v) is 10.1. The molecule has 0 spiro atoms. The van der Waals surface area contributed by atoms with E-state index in [1.165, 1.54) is 0 Å². The Labute approximate surface area is 157 Å². The maximum atomic E-state index is 13.7. The number of hydrogen-bond acceptors (Lipinski definition) is 4. The van der Waals surface area contributed by atoms with Gasteiger partial charge in [0.2, 0.25) is 0 Å². The largest absolute Gasteiger partial charge is 0.598 e. The summed E-state index contributed by atoms with van der Waals surface area (Å²) in [5.74, 6) is -1.50. The third-order valence-corrected chi connectivity index (χ3v) is 4.86. The first-order chi connectivity index (χ1) is 11.7. The molecule has 1 rings (SSSR count). The minimum Gasteiger partial charge on any atom is -0.598 e. The van der Waals surface area contributed by atoms with Crippen LogP contribution in [0.2, 0.25) is 0 Å². The number of carbonyl (C=O) groups excluding carboxylic acids is 1. The van der Waals surface area contributed by atoms with Crippen LogP contribution in [0.5, 0.6) is 0 Å². The minimum atomic E-state index is -1.52. The predicted molar refractivity (Wildman–Crippen MR) is 99.0 cm³/mol. The maximum absolute atomic E-state index is 13.7. The van der Waals surface area contributed by atoms with Crippen molar-refractivity contribution in [2.45, 2.75) is 70.9 Å². The quantitative estimate of drug-likeness (QED) is 0.746. The van der Waals surface area contributed by atoms with Crippen LogP contribution in [-0.2, 0) is 16.1 Å². The first-order valence-electron chi connectivity index (χ1n) is 8.32. The van der Waals surface area contributed by atoms with Crippen LogP contribution in [0, 0.1) is 11.6 Å². The summed E-state index contributed by atoms with van der Waals surface area (Å²) >= 11 is -1.52. The highest BCUT2D eigenvalue weighted by Gasteiger charge is 2.33. The van der Waals surface area contributed by atoms with E-state index in [1.807, 2.05) is 0 Å². The van der Waals surface area contributed by atoms with E-state index in [4.69, 9.17) is 4.74 Å². The van der Waals surface area contributed by atoms with E-state index in [0.717, 1.165) is 18.2 Å². The van der Waals surface area contributed by atoms with E-state index in [0.29, 0.717) is 0 Å². The van der Waals surface area contributed by atoms with Crippen LogP contribution in [0.15, 0.2) is 18.2 Å². The summed E-state index contributed by atoms with van der Waals surface area (Å²) in [6.45, 7) is 12.1. The zero-order valence-corrected chi connectivity index (χ0v) is 17.1. The molecule has 0 saturated heterocycles. The van der Waals surface area contributed by atoms with Crippen LogP contribution in [0.25, 0.3) is 0 Å². The summed E-state index contributed by atoms with van der Waals surface area (Å²) in [5, 5.41) is 2.63. The number of hydrogen-bond donors (Lipinski definition) is 2. The van der Waals surface area contributed by atoms with Crippen molar-refractivity contribution in [1.82, 2.24) is 10.0 Å². The van der Waals surface area contributed by atoms with Gasteiger partial charge < -0.3 is 14.6 Å². The van der Waals surface area contributed by atoms with Crippen molar-refractivity contribution in [3.8, 4) is 0 Å². The predicted octanol–water partition coefficient (Wildman–Crippen LogP) is 3.97. The third-order valence-electron chi connectivity index (χ3n) is 3.28. The highest BCUT2D eigenvalue weighted by molar-refractivity contribution is 7.90.